The molecule has 0 unspecified atom stereocenters. The molecule has 0 aliphatic carbocycles. The molecular formula is C17H20O7. The topological polar surface area (TPSA) is 94.5 Å². The van der Waals surface area contributed by atoms with Crippen LogP contribution in [0, 0.1) is 0 Å². The summed E-state index contributed by atoms with van der Waals surface area (Å²) in [5.74, 6) is 0.264. The van der Waals surface area contributed by atoms with Crippen molar-refractivity contribution in [2.75, 3.05) is 40.6 Å². The fraction of sp³-hybridized carbons (Fsp3) is 0.353. The van der Waals surface area contributed by atoms with Crippen LogP contribution >= 0.6 is 0 Å². The summed E-state index contributed by atoms with van der Waals surface area (Å²) in [4.78, 5) is 12.1. The van der Waals surface area contributed by atoms with E-state index >= 15 is 0 Å². The van der Waals surface area contributed by atoms with Crippen molar-refractivity contribution in [2.45, 2.75) is 0 Å². The zero-order valence-electron chi connectivity index (χ0n) is 13.6. The molecule has 7 nitrogen and oxygen atoms in total. The molecule has 0 atom stereocenters. The van der Waals surface area contributed by atoms with Crippen molar-refractivity contribution < 1.29 is 34.0 Å². The fourth-order valence-electron chi connectivity index (χ4n) is 2.30. The minimum absolute atomic E-state index is 0.0485. The lowest BCUT2D eigenvalue weighted by Gasteiger charge is -2.13. The standard InChI is InChI=1S/C17H20O7/c1-21-15-4-3-12-13(16(15)22-2)9-11(10-14(12)19)17(20)24-8-7-23-6-5-18/h3-4,9-10,18-19H,5-8H2,1-2H3. The molecule has 0 fully saturated rings. The number of fused-ring (bicyclic) bond motifs is 1. The Balaban J connectivity index is 2.26. The van der Waals surface area contributed by atoms with Crippen LogP contribution in [0.4, 0.5) is 0 Å². The minimum atomic E-state index is -0.593. The highest BCUT2D eigenvalue weighted by molar-refractivity contribution is 6.01. The molecule has 0 bridgehead atoms. The van der Waals surface area contributed by atoms with Gasteiger partial charge < -0.3 is 29.2 Å². The summed E-state index contributed by atoms with van der Waals surface area (Å²) < 4.78 is 20.7. The summed E-state index contributed by atoms with van der Waals surface area (Å²) in [5, 5.41) is 19.8. The second-order valence-electron chi connectivity index (χ2n) is 4.86. The van der Waals surface area contributed by atoms with Crippen LogP contribution in [0.15, 0.2) is 24.3 Å². The van der Waals surface area contributed by atoms with Gasteiger partial charge in [-0.25, -0.2) is 4.79 Å². The molecule has 0 aliphatic rings. The zero-order chi connectivity index (χ0) is 17.5. The van der Waals surface area contributed by atoms with Crippen molar-refractivity contribution in [1.82, 2.24) is 0 Å². The van der Waals surface area contributed by atoms with Crippen molar-refractivity contribution >= 4 is 16.7 Å². The number of esters is 1. The van der Waals surface area contributed by atoms with Crippen LogP contribution in [0.3, 0.4) is 0 Å². The summed E-state index contributed by atoms with van der Waals surface area (Å²) in [6.45, 7) is 0.329. The van der Waals surface area contributed by atoms with Crippen LogP contribution in [-0.4, -0.2) is 56.8 Å². The number of aliphatic hydroxyl groups excluding tert-OH is 1. The first-order valence-electron chi connectivity index (χ1n) is 7.35. The molecule has 7 heteroatoms. The van der Waals surface area contributed by atoms with Crippen molar-refractivity contribution in [2.24, 2.45) is 0 Å². The maximum absolute atomic E-state index is 12.1. The van der Waals surface area contributed by atoms with E-state index in [1.165, 1.54) is 20.3 Å². The summed E-state index contributed by atoms with van der Waals surface area (Å²) in [6, 6.07) is 6.28. The molecule has 0 amide bonds. The first-order chi connectivity index (χ1) is 11.6. The Bertz CT molecular complexity index is 712. The monoisotopic (exact) mass is 336 g/mol. The predicted molar refractivity (Wildman–Crippen MR) is 86.9 cm³/mol. The highest BCUT2D eigenvalue weighted by atomic mass is 16.6. The van der Waals surface area contributed by atoms with Gasteiger partial charge in [0.2, 0.25) is 0 Å². The quantitative estimate of drug-likeness (QED) is 0.560. The van der Waals surface area contributed by atoms with Gasteiger partial charge in [-0.15, -0.1) is 0 Å². The van der Waals surface area contributed by atoms with Crippen molar-refractivity contribution in [3.05, 3.63) is 29.8 Å². The zero-order valence-corrected chi connectivity index (χ0v) is 13.6. The minimum Gasteiger partial charge on any atom is -0.507 e. The summed E-state index contributed by atoms with van der Waals surface area (Å²) in [7, 11) is 2.99. The Morgan fingerprint density at radius 1 is 1.04 bits per heavy atom. The summed E-state index contributed by atoms with van der Waals surface area (Å²) in [6.07, 6.45) is 0. The van der Waals surface area contributed by atoms with E-state index in [4.69, 9.17) is 24.1 Å². The van der Waals surface area contributed by atoms with Crippen LogP contribution in [-0.2, 0) is 9.47 Å². The summed E-state index contributed by atoms with van der Waals surface area (Å²) >= 11 is 0. The number of hydrogen-bond acceptors (Lipinski definition) is 7. The van der Waals surface area contributed by atoms with E-state index in [1.807, 2.05) is 0 Å². The molecule has 0 heterocycles. The van der Waals surface area contributed by atoms with Crippen LogP contribution in [0.25, 0.3) is 10.8 Å². The Hall–Kier alpha value is -2.51. The average Bonchev–Trinajstić information content (AvgIpc) is 2.60. The van der Waals surface area contributed by atoms with Gasteiger partial charge in [0.25, 0.3) is 0 Å². The SMILES string of the molecule is COc1ccc2c(O)cc(C(=O)OCCOCCO)cc2c1OC. The van der Waals surface area contributed by atoms with Gasteiger partial charge in [-0.2, -0.15) is 0 Å². The molecule has 130 valence electrons. The van der Waals surface area contributed by atoms with Crippen molar-refractivity contribution in [1.29, 1.82) is 0 Å². The van der Waals surface area contributed by atoms with E-state index in [1.54, 1.807) is 18.2 Å². The Morgan fingerprint density at radius 3 is 2.50 bits per heavy atom. The number of ether oxygens (including phenoxy) is 4. The molecule has 0 spiro atoms. The molecule has 0 aliphatic heterocycles. The normalized spacial score (nSPS) is 10.6. The second-order valence-corrected chi connectivity index (χ2v) is 4.86. The molecule has 2 rings (SSSR count). The van der Waals surface area contributed by atoms with E-state index < -0.39 is 5.97 Å². The first-order valence-corrected chi connectivity index (χ1v) is 7.35. The van der Waals surface area contributed by atoms with Gasteiger partial charge in [0.05, 0.1) is 39.6 Å². The van der Waals surface area contributed by atoms with Crippen molar-refractivity contribution in [3.8, 4) is 17.2 Å². The molecule has 2 aromatic carbocycles. The number of aromatic hydroxyl groups is 1. The van der Waals surface area contributed by atoms with Gasteiger partial charge in [0.15, 0.2) is 11.5 Å². The first kappa shape index (κ1) is 17.8. The number of methoxy groups -OCH3 is 2. The van der Waals surface area contributed by atoms with Gasteiger partial charge in [0.1, 0.15) is 12.4 Å². The third-order valence-electron chi connectivity index (χ3n) is 3.38. The number of carbonyl (C=O) groups excluding carboxylic acids is 1. The molecular weight excluding hydrogens is 316 g/mol. The van der Waals surface area contributed by atoms with Gasteiger partial charge >= 0.3 is 5.97 Å². The molecule has 24 heavy (non-hydrogen) atoms. The lowest BCUT2D eigenvalue weighted by atomic mass is 10.0. The number of phenolic OH excluding ortho intramolecular Hbond substituents is 1. The third kappa shape index (κ3) is 3.87. The average molecular weight is 336 g/mol. The molecule has 0 saturated heterocycles. The maximum atomic E-state index is 12.1. The lowest BCUT2D eigenvalue weighted by Crippen LogP contribution is -2.12. The Morgan fingerprint density at radius 2 is 1.83 bits per heavy atom. The summed E-state index contributed by atoms with van der Waals surface area (Å²) in [5.41, 5.74) is 0.189. The Labute approximate surface area is 139 Å². The van der Waals surface area contributed by atoms with E-state index in [-0.39, 0.29) is 37.7 Å². The maximum Gasteiger partial charge on any atom is 0.338 e. The number of benzene rings is 2. The number of phenols is 1. The van der Waals surface area contributed by atoms with Crippen LogP contribution in [0.1, 0.15) is 10.4 Å². The fourth-order valence-corrected chi connectivity index (χ4v) is 2.30. The van der Waals surface area contributed by atoms with E-state index in [0.717, 1.165) is 0 Å². The Kier molecular flexibility index (Phi) is 6.22. The number of aliphatic hydroxyl groups is 1. The number of carbonyl (C=O) groups is 1. The molecule has 2 aromatic rings. The van der Waals surface area contributed by atoms with E-state index in [9.17, 15) is 9.90 Å². The molecule has 0 radical (unpaired) electrons. The van der Waals surface area contributed by atoms with E-state index in [2.05, 4.69) is 0 Å². The lowest BCUT2D eigenvalue weighted by molar-refractivity contribution is 0.0258. The molecule has 2 N–H and O–H groups in total. The van der Waals surface area contributed by atoms with Gasteiger partial charge in [-0.3, -0.25) is 0 Å². The molecule has 0 saturated carbocycles. The molecule has 0 aromatic heterocycles. The van der Waals surface area contributed by atoms with Gasteiger partial charge in [-0.05, 0) is 24.3 Å². The highest BCUT2D eigenvalue weighted by Crippen LogP contribution is 2.39. The van der Waals surface area contributed by atoms with Crippen LogP contribution in [0.2, 0.25) is 0 Å². The van der Waals surface area contributed by atoms with E-state index in [0.29, 0.717) is 22.3 Å². The van der Waals surface area contributed by atoms with Crippen molar-refractivity contribution in [3.63, 3.8) is 0 Å². The number of hydrogen-bond donors (Lipinski definition) is 2. The number of rotatable bonds is 8. The second kappa shape index (κ2) is 8.37. The van der Waals surface area contributed by atoms with Crippen LogP contribution in [0.5, 0.6) is 17.2 Å². The van der Waals surface area contributed by atoms with Gasteiger partial charge in [0, 0.05) is 10.8 Å². The van der Waals surface area contributed by atoms with Crippen LogP contribution < -0.4 is 9.47 Å². The van der Waals surface area contributed by atoms with Gasteiger partial charge in [-0.1, -0.05) is 0 Å². The predicted octanol–water partition coefficient (Wildman–Crippen LogP) is 1.73. The third-order valence-corrected chi connectivity index (χ3v) is 3.38. The largest absolute Gasteiger partial charge is 0.507 e. The smallest absolute Gasteiger partial charge is 0.338 e. The highest BCUT2D eigenvalue weighted by Gasteiger charge is 2.16.